The summed E-state index contributed by atoms with van der Waals surface area (Å²) in [5, 5.41) is 0. The third kappa shape index (κ3) is 10.3. The van der Waals surface area contributed by atoms with Gasteiger partial charge in [-0.05, 0) is 30.6 Å². The zero-order valence-corrected chi connectivity index (χ0v) is 25.2. The van der Waals surface area contributed by atoms with Crippen LogP contribution in [0.15, 0.2) is 0 Å². The lowest BCUT2D eigenvalue weighted by molar-refractivity contribution is -0.314. The molecule has 2 fully saturated rings. The molecule has 0 aliphatic heterocycles. The maximum atomic E-state index is 13.4. The molecule has 13 heteroatoms. The zero-order valence-electron chi connectivity index (χ0n) is 25.2. The van der Waals surface area contributed by atoms with E-state index in [1.54, 1.807) is 0 Å². The molecule has 0 heterocycles. The van der Waals surface area contributed by atoms with Gasteiger partial charge in [0, 0.05) is 35.5 Å². The molecule has 2 saturated carbocycles. The van der Waals surface area contributed by atoms with Crippen molar-refractivity contribution in [3.63, 3.8) is 0 Å². The minimum Gasteiger partial charge on any atom is -0.431 e. The maximum absolute atomic E-state index is 13.4. The molecule has 40 heavy (non-hydrogen) atoms. The van der Waals surface area contributed by atoms with E-state index in [1.807, 2.05) is 0 Å². The number of hydrogen-bond acceptors (Lipinski definition) is 13. The van der Waals surface area contributed by atoms with Gasteiger partial charge >= 0.3 is 6.16 Å². The van der Waals surface area contributed by atoms with Crippen molar-refractivity contribution in [3.8, 4) is 0 Å². The van der Waals surface area contributed by atoms with E-state index in [4.69, 9.17) is 56.8 Å². The van der Waals surface area contributed by atoms with Gasteiger partial charge in [0.2, 0.25) is 0 Å². The minimum absolute atomic E-state index is 0.0810. The summed E-state index contributed by atoms with van der Waals surface area (Å²) < 4.78 is 67.9. The molecule has 0 bridgehead atoms. The highest BCUT2D eigenvalue weighted by Gasteiger charge is 2.57. The summed E-state index contributed by atoms with van der Waals surface area (Å²) in [7, 11) is 7.44. The van der Waals surface area contributed by atoms with E-state index in [0.717, 1.165) is 19.3 Å². The molecule has 0 aromatic carbocycles. The summed E-state index contributed by atoms with van der Waals surface area (Å²) in [4.78, 5) is 13.4. The van der Waals surface area contributed by atoms with Gasteiger partial charge < -0.3 is 56.8 Å². The van der Waals surface area contributed by atoms with Gasteiger partial charge in [-0.3, -0.25) is 0 Å². The molecular weight excluding hydrogens is 532 g/mol. The van der Waals surface area contributed by atoms with E-state index < -0.39 is 42.8 Å². The molecule has 2 aliphatic carbocycles. The molecule has 2 aliphatic rings. The SMILES string of the molecule is COCOC1[C@@H](OCOC)[C@@H](OCOC)C(OC(=O)O[C@@H]2C[C@H](C)CC[C@H]2C(C)C)[C@H](OCOC)[C@H]1OCOC. The molecule has 0 aromatic rings. The molecular formula is C27H50O13. The second-order valence-electron chi connectivity index (χ2n) is 10.5. The van der Waals surface area contributed by atoms with Crippen molar-refractivity contribution >= 4 is 6.16 Å². The van der Waals surface area contributed by atoms with Crippen LogP contribution < -0.4 is 0 Å². The first kappa shape index (κ1) is 35.1. The van der Waals surface area contributed by atoms with Gasteiger partial charge in [-0.1, -0.05) is 27.2 Å². The van der Waals surface area contributed by atoms with E-state index in [-0.39, 0.29) is 46.0 Å². The molecule has 236 valence electrons. The highest BCUT2D eigenvalue weighted by molar-refractivity contribution is 5.60. The van der Waals surface area contributed by atoms with Crippen LogP contribution in [0, 0.1) is 17.8 Å². The second kappa shape index (κ2) is 19.1. The molecule has 13 nitrogen and oxygen atoms in total. The Labute approximate surface area is 238 Å². The third-order valence-electron chi connectivity index (χ3n) is 7.28. The summed E-state index contributed by atoms with van der Waals surface area (Å²) in [5.41, 5.74) is 0. The van der Waals surface area contributed by atoms with Crippen LogP contribution >= 0.6 is 0 Å². The predicted octanol–water partition coefficient (Wildman–Crippen LogP) is 2.93. The molecule has 0 radical (unpaired) electrons. The van der Waals surface area contributed by atoms with Crippen LogP contribution in [-0.4, -0.2) is 118 Å². The fourth-order valence-electron chi connectivity index (χ4n) is 5.45. The lowest BCUT2D eigenvalue weighted by Gasteiger charge is -2.48. The van der Waals surface area contributed by atoms with E-state index in [2.05, 4.69) is 20.8 Å². The largest absolute Gasteiger partial charge is 0.509 e. The van der Waals surface area contributed by atoms with Gasteiger partial charge in [0.15, 0.2) is 6.10 Å². The predicted molar refractivity (Wildman–Crippen MR) is 140 cm³/mol. The second-order valence-corrected chi connectivity index (χ2v) is 10.5. The quantitative estimate of drug-likeness (QED) is 0.174. The first-order valence-corrected chi connectivity index (χ1v) is 13.7. The van der Waals surface area contributed by atoms with Crippen molar-refractivity contribution in [2.75, 3.05) is 69.5 Å². The van der Waals surface area contributed by atoms with Gasteiger partial charge in [0.1, 0.15) is 70.6 Å². The Bertz CT molecular complexity index is 653. The lowest BCUT2D eigenvalue weighted by Crippen LogP contribution is -2.68. The molecule has 9 atom stereocenters. The van der Waals surface area contributed by atoms with E-state index >= 15 is 0 Å². The van der Waals surface area contributed by atoms with Crippen molar-refractivity contribution < 1.29 is 61.6 Å². The Morgan fingerprint density at radius 2 is 0.975 bits per heavy atom. The summed E-state index contributed by atoms with van der Waals surface area (Å²) in [5.74, 6) is 1.03. The number of rotatable bonds is 18. The third-order valence-corrected chi connectivity index (χ3v) is 7.28. The Balaban J connectivity index is 2.43. The van der Waals surface area contributed by atoms with Crippen LogP contribution in [0.25, 0.3) is 0 Å². The smallest absolute Gasteiger partial charge is 0.431 e. The number of ether oxygens (including phenoxy) is 12. The van der Waals surface area contributed by atoms with Gasteiger partial charge in [-0.15, -0.1) is 0 Å². The Kier molecular flexibility index (Phi) is 16.8. The first-order valence-electron chi connectivity index (χ1n) is 13.7. The molecule has 0 amide bonds. The summed E-state index contributed by atoms with van der Waals surface area (Å²) in [6.45, 7) is 5.92. The normalized spacial score (nSPS) is 32.8. The molecule has 0 saturated heterocycles. The highest BCUT2D eigenvalue weighted by atomic mass is 16.8. The monoisotopic (exact) mass is 582 g/mol. The molecule has 0 spiro atoms. The molecule has 0 N–H and O–H groups in total. The average Bonchev–Trinajstić information content (AvgIpc) is 2.92. The van der Waals surface area contributed by atoms with Gasteiger partial charge in [-0.25, -0.2) is 4.79 Å². The van der Waals surface area contributed by atoms with Gasteiger partial charge in [0.25, 0.3) is 0 Å². The molecule has 2 rings (SSSR count). The van der Waals surface area contributed by atoms with Crippen molar-refractivity contribution in [2.45, 2.75) is 82.8 Å². The number of carbonyl (C=O) groups excluding carboxylic acids is 1. The summed E-state index contributed by atoms with van der Waals surface area (Å²) in [6.07, 6.45) is -3.71. The fraction of sp³-hybridized carbons (Fsp3) is 0.963. The van der Waals surface area contributed by atoms with Crippen LogP contribution in [0.1, 0.15) is 40.0 Å². The van der Waals surface area contributed by atoms with Crippen LogP contribution in [0.4, 0.5) is 4.79 Å². The standard InChI is InChI=1S/C27H50O13/c1-17(2)19-10-9-18(3)11-20(19)39-27(28)40-26-24(37-15-32-7)22(35-13-30-5)21(34-12-29-4)23(36-14-31-6)25(26)38-16-33-8/h17-26H,9-16H2,1-8H3/t18-,19+,20-,21?,22-,23+,24-,25-,26?/m1/s1. The molecule has 0 aromatic heterocycles. The Morgan fingerprint density at radius 3 is 1.32 bits per heavy atom. The maximum Gasteiger partial charge on any atom is 0.509 e. The number of methoxy groups -OCH3 is 5. The topological polar surface area (TPSA) is 128 Å². The Hall–Kier alpha value is -1.13. The zero-order chi connectivity index (χ0) is 29.5. The highest BCUT2D eigenvalue weighted by Crippen LogP contribution is 2.37. The minimum atomic E-state index is -1.07. The van der Waals surface area contributed by atoms with E-state index in [9.17, 15) is 4.79 Å². The lowest BCUT2D eigenvalue weighted by atomic mass is 9.75. The van der Waals surface area contributed by atoms with Crippen molar-refractivity contribution in [3.05, 3.63) is 0 Å². The van der Waals surface area contributed by atoms with Crippen LogP contribution in [0.5, 0.6) is 0 Å². The van der Waals surface area contributed by atoms with Crippen LogP contribution in [0.2, 0.25) is 0 Å². The van der Waals surface area contributed by atoms with Gasteiger partial charge in [0.05, 0.1) is 0 Å². The van der Waals surface area contributed by atoms with Crippen LogP contribution in [-0.2, 0) is 56.8 Å². The molecule has 2 unspecified atom stereocenters. The Morgan fingerprint density at radius 1 is 0.600 bits per heavy atom. The van der Waals surface area contributed by atoms with Gasteiger partial charge in [-0.2, -0.15) is 0 Å². The van der Waals surface area contributed by atoms with Crippen molar-refractivity contribution in [2.24, 2.45) is 17.8 Å². The summed E-state index contributed by atoms with van der Waals surface area (Å²) in [6, 6.07) is 0. The van der Waals surface area contributed by atoms with E-state index in [0.29, 0.717) is 11.8 Å². The number of hydrogen-bond donors (Lipinski definition) is 0. The average molecular weight is 583 g/mol. The first-order chi connectivity index (χ1) is 19.3. The summed E-state index contributed by atoms with van der Waals surface area (Å²) >= 11 is 0. The van der Waals surface area contributed by atoms with E-state index in [1.165, 1.54) is 35.5 Å². The number of carbonyl (C=O) groups is 1. The van der Waals surface area contributed by atoms with Crippen LogP contribution in [0.3, 0.4) is 0 Å². The fourth-order valence-corrected chi connectivity index (χ4v) is 5.45. The van der Waals surface area contributed by atoms with Crippen molar-refractivity contribution in [1.82, 2.24) is 0 Å². The van der Waals surface area contributed by atoms with Crippen molar-refractivity contribution in [1.29, 1.82) is 0 Å².